The van der Waals surface area contributed by atoms with Gasteiger partial charge in [0.05, 0.1) is 31.9 Å². The number of aryl methyl sites for hydroxylation is 2. The Morgan fingerprint density at radius 1 is 1.02 bits per heavy atom. The van der Waals surface area contributed by atoms with Crippen molar-refractivity contribution < 1.29 is 22.7 Å². The van der Waals surface area contributed by atoms with Gasteiger partial charge in [0.25, 0.3) is 5.91 Å². The lowest BCUT2D eigenvalue weighted by Gasteiger charge is -2.41. The molecular weight excluding hydrogens is 541 g/mol. The molecule has 0 saturated carbocycles. The Bertz CT molecular complexity index is 1330. The van der Waals surface area contributed by atoms with E-state index in [1.54, 1.807) is 30.0 Å². The molecule has 0 unspecified atom stereocenters. The summed E-state index contributed by atoms with van der Waals surface area (Å²) < 4.78 is 46.8. The van der Waals surface area contributed by atoms with Gasteiger partial charge in [-0.2, -0.15) is 13.2 Å². The number of hydrogen-bond donors (Lipinski definition) is 0. The van der Waals surface area contributed by atoms with E-state index in [2.05, 4.69) is 67.5 Å². The quantitative estimate of drug-likeness (QED) is 0.453. The molecule has 0 aliphatic carbocycles. The minimum absolute atomic E-state index is 0.0496. The van der Waals surface area contributed by atoms with Gasteiger partial charge in [0.1, 0.15) is 0 Å². The number of carbonyl (C=O) groups is 1. The monoisotopic (exact) mass is 584 g/mol. The molecule has 2 fully saturated rings. The molecule has 9 heteroatoms. The number of alkyl halides is 3. The van der Waals surface area contributed by atoms with Gasteiger partial charge in [-0.1, -0.05) is 30.0 Å². The number of morpholine rings is 1. The Kier molecular flexibility index (Phi) is 9.92. The van der Waals surface area contributed by atoms with Crippen LogP contribution in [0.4, 0.5) is 18.9 Å². The van der Waals surface area contributed by atoms with Gasteiger partial charge in [-0.3, -0.25) is 14.6 Å². The number of hydrogen-bond acceptors (Lipinski definition) is 5. The molecule has 2 aromatic carbocycles. The summed E-state index contributed by atoms with van der Waals surface area (Å²) in [5.41, 5.74) is 2.99. The number of anilines is 1. The number of halogens is 3. The molecule has 0 N–H and O–H groups in total. The van der Waals surface area contributed by atoms with Crippen molar-refractivity contribution >= 4 is 11.6 Å². The van der Waals surface area contributed by atoms with E-state index in [-0.39, 0.29) is 23.1 Å². The van der Waals surface area contributed by atoms with E-state index >= 15 is 0 Å². The Morgan fingerprint density at radius 3 is 2.43 bits per heavy atom. The summed E-state index contributed by atoms with van der Waals surface area (Å²) in [4.78, 5) is 21.8. The summed E-state index contributed by atoms with van der Waals surface area (Å²) >= 11 is 0. The minimum Gasteiger partial charge on any atom is -0.378 e. The smallest absolute Gasteiger partial charge is 0.378 e. The van der Waals surface area contributed by atoms with E-state index in [1.165, 1.54) is 11.1 Å². The van der Waals surface area contributed by atoms with Crippen molar-refractivity contribution in [2.45, 2.75) is 51.9 Å². The van der Waals surface area contributed by atoms with E-state index in [9.17, 15) is 18.0 Å². The molecule has 1 amide bonds. The molecule has 2 heterocycles. The zero-order chi connectivity index (χ0) is 30.7. The molecule has 0 bridgehead atoms. The molecule has 2 aliphatic rings. The van der Waals surface area contributed by atoms with Gasteiger partial charge in [-0.05, 0) is 69.0 Å². The molecule has 228 valence electrons. The third kappa shape index (κ3) is 7.85. The van der Waals surface area contributed by atoms with Crippen LogP contribution in [0.1, 0.15) is 46.5 Å². The molecule has 2 aromatic rings. The predicted octanol–water partition coefficient (Wildman–Crippen LogP) is 4.87. The first-order valence-corrected chi connectivity index (χ1v) is 14.5. The first kappa shape index (κ1) is 31.9. The molecule has 6 nitrogen and oxygen atoms in total. The van der Waals surface area contributed by atoms with E-state index in [1.807, 2.05) is 0 Å². The molecule has 0 spiro atoms. The number of nitrogens with zero attached hydrogens (tertiary/aromatic N) is 4. The van der Waals surface area contributed by atoms with Crippen LogP contribution in [0.15, 0.2) is 36.4 Å². The van der Waals surface area contributed by atoms with Crippen LogP contribution >= 0.6 is 0 Å². The standard InChI is InChI=1S/C33H43F3N4O2/c1-24-9-10-26(17-25(24)2)18-30-22-38(11-7-8-12-39-15-16-42-23-32(39,3)4)13-14-40(30)31(41)27-19-28(33(34,35)36)21-29(20-27)37(5)6/h9-10,17,19-21,30H,11-16,18,22-23H2,1-6H3/t30-/m1/s1. The van der Waals surface area contributed by atoms with Crippen molar-refractivity contribution in [2.75, 3.05) is 71.5 Å². The average molecular weight is 585 g/mol. The maximum Gasteiger partial charge on any atom is 0.416 e. The van der Waals surface area contributed by atoms with Gasteiger partial charge in [-0.15, -0.1) is 0 Å². The van der Waals surface area contributed by atoms with Gasteiger partial charge in [0.15, 0.2) is 0 Å². The Hall–Kier alpha value is -3.06. The fraction of sp³-hybridized carbons (Fsp3) is 0.545. The maximum absolute atomic E-state index is 13.9. The van der Waals surface area contributed by atoms with Crippen molar-refractivity contribution in [2.24, 2.45) is 0 Å². The lowest BCUT2D eigenvalue weighted by atomic mass is 9.97. The molecule has 4 rings (SSSR count). The normalized spacial score (nSPS) is 19.7. The van der Waals surface area contributed by atoms with E-state index in [0.717, 1.165) is 24.2 Å². The van der Waals surface area contributed by atoms with Gasteiger partial charge >= 0.3 is 6.18 Å². The van der Waals surface area contributed by atoms with E-state index < -0.39 is 11.7 Å². The number of ether oxygens (including phenoxy) is 1. The molecule has 2 saturated heterocycles. The number of carbonyl (C=O) groups excluding carboxylic acids is 1. The van der Waals surface area contributed by atoms with Crippen molar-refractivity contribution in [1.29, 1.82) is 0 Å². The summed E-state index contributed by atoms with van der Waals surface area (Å²) in [6.45, 7) is 13.6. The number of rotatable bonds is 6. The zero-order valence-electron chi connectivity index (χ0n) is 25.6. The van der Waals surface area contributed by atoms with Crippen molar-refractivity contribution in [3.63, 3.8) is 0 Å². The van der Waals surface area contributed by atoms with Crippen molar-refractivity contribution in [1.82, 2.24) is 14.7 Å². The number of benzene rings is 2. The Morgan fingerprint density at radius 2 is 1.76 bits per heavy atom. The van der Waals surface area contributed by atoms with Crippen molar-refractivity contribution in [3.05, 3.63) is 64.2 Å². The van der Waals surface area contributed by atoms with Gasteiger partial charge < -0.3 is 14.5 Å². The van der Waals surface area contributed by atoms with Crippen LogP contribution < -0.4 is 4.90 Å². The molecule has 2 aliphatic heterocycles. The average Bonchev–Trinajstić information content (AvgIpc) is 2.92. The van der Waals surface area contributed by atoms with E-state index in [4.69, 9.17) is 4.74 Å². The highest BCUT2D eigenvalue weighted by Gasteiger charge is 2.35. The van der Waals surface area contributed by atoms with Crippen LogP contribution in [-0.4, -0.2) is 98.8 Å². The van der Waals surface area contributed by atoms with Crippen LogP contribution in [0.3, 0.4) is 0 Å². The lowest BCUT2D eigenvalue weighted by Crippen LogP contribution is -2.56. The third-order valence-electron chi connectivity index (χ3n) is 8.39. The molecule has 42 heavy (non-hydrogen) atoms. The predicted molar refractivity (Wildman–Crippen MR) is 161 cm³/mol. The number of piperazine rings is 1. The second kappa shape index (κ2) is 13.1. The molecule has 1 atom stereocenters. The number of amides is 1. The lowest BCUT2D eigenvalue weighted by molar-refractivity contribution is -0.137. The van der Waals surface area contributed by atoms with Gasteiger partial charge in [0, 0.05) is 63.1 Å². The van der Waals surface area contributed by atoms with Crippen LogP contribution in [0.5, 0.6) is 0 Å². The van der Waals surface area contributed by atoms with Crippen LogP contribution in [-0.2, 0) is 17.3 Å². The molecule has 0 aromatic heterocycles. The minimum atomic E-state index is -4.55. The van der Waals surface area contributed by atoms with Crippen LogP contribution in [0.2, 0.25) is 0 Å². The van der Waals surface area contributed by atoms with Crippen LogP contribution in [0, 0.1) is 25.7 Å². The fourth-order valence-electron chi connectivity index (χ4n) is 5.53. The second-order valence-electron chi connectivity index (χ2n) is 12.3. The summed E-state index contributed by atoms with van der Waals surface area (Å²) in [6.07, 6.45) is -3.94. The third-order valence-corrected chi connectivity index (χ3v) is 8.39. The summed E-state index contributed by atoms with van der Waals surface area (Å²) in [5, 5.41) is 0. The Labute approximate surface area is 248 Å². The summed E-state index contributed by atoms with van der Waals surface area (Å²) in [5.74, 6) is 6.26. The zero-order valence-corrected chi connectivity index (χ0v) is 25.6. The topological polar surface area (TPSA) is 39.3 Å². The largest absolute Gasteiger partial charge is 0.416 e. The van der Waals surface area contributed by atoms with Crippen molar-refractivity contribution in [3.8, 4) is 11.8 Å². The van der Waals surface area contributed by atoms with E-state index in [0.29, 0.717) is 58.0 Å². The molecular formula is C33H43F3N4O2. The summed E-state index contributed by atoms with van der Waals surface area (Å²) in [6, 6.07) is 9.69. The highest BCUT2D eigenvalue weighted by atomic mass is 19.4. The highest BCUT2D eigenvalue weighted by Crippen LogP contribution is 2.33. The first-order chi connectivity index (χ1) is 19.7. The first-order valence-electron chi connectivity index (χ1n) is 14.5. The summed E-state index contributed by atoms with van der Waals surface area (Å²) in [7, 11) is 3.35. The SMILES string of the molecule is Cc1ccc(C[C@@H]2CN(CC#CCN3CCOCC3(C)C)CCN2C(=O)c2cc(N(C)C)cc(C(F)(F)F)c2)cc1C. The van der Waals surface area contributed by atoms with Gasteiger partial charge in [-0.25, -0.2) is 0 Å². The fourth-order valence-corrected chi connectivity index (χ4v) is 5.53. The second-order valence-corrected chi connectivity index (χ2v) is 12.3. The molecule has 0 radical (unpaired) electrons. The van der Waals surface area contributed by atoms with Crippen LogP contribution in [0.25, 0.3) is 0 Å². The highest BCUT2D eigenvalue weighted by molar-refractivity contribution is 5.96. The van der Waals surface area contributed by atoms with Gasteiger partial charge in [0.2, 0.25) is 0 Å². The Balaban J connectivity index is 1.54. The maximum atomic E-state index is 13.9.